The predicted molar refractivity (Wildman–Crippen MR) is 357 cm³/mol. The van der Waals surface area contributed by atoms with Crippen LogP contribution >= 0.6 is 0 Å². The maximum Gasteiger partial charge on any atom is 0.306 e. The standard InChI is InChI=1S/C76H128O6/c1-4-7-10-13-16-19-22-25-27-29-31-33-35-36-37-38-39-40-42-43-45-47-49-51-54-57-60-63-66-69-75(78)81-72-73(71-80-74(77)68-65-62-59-56-53-24-21-18-15-12-9-6-3)82-76(79)70-67-64-61-58-55-52-50-48-46-44-41-34-32-30-28-26-23-20-17-14-11-8-5-2/h7,10,16,18-19,21,23,25-27,30-33,36-37,39-40,43,45,73H,4-6,8-9,11-15,17,20,22,24,28-29,34-35,38,41-42,44,46-72H2,1-3H3/b10-7-,19-16-,21-18-,26-23-,27-25-,32-30-,33-31-,37-36-,40-39-,45-43-. The minimum atomic E-state index is -0.791. The van der Waals surface area contributed by atoms with E-state index in [1.54, 1.807) is 0 Å². The van der Waals surface area contributed by atoms with Crippen molar-refractivity contribution in [3.8, 4) is 0 Å². The van der Waals surface area contributed by atoms with Gasteiger partial charge in [-0.3, -0.25) is 14.4 Å². The molecule has 0 saturated heterocycles. The fourth-order valence-electron chi connectivity index (χ4n) is 9.51. The first-order chi connectivity index (χ1) is 40.5. The highest BCUT2D eigenvalue weighted by Crippen LogP contribution is 2.16. The van der Waals surface area contributed by atoms with Crippen molar-refractivity contribution < 1.29 is 28.6 Å². The van der Waals surface area contributed by atoms with E-state index in [2.05, 4.69) is 142 Å². The van der Waals surface area contributed by atoms with Crippen LogP contribution in [0.4, 0.5) is 0 Å². The van der Waals surface area contributed by atoms with E-state index in [1.807, 2.05) is 0 Å². The maximum atomic E-state index is 12.9. The number of rotatable bonds is 62. The second-order valence-corrected chi connectivity index (χ2v) is 22.7. The van der Waals surface area contributed by atoms with Crippen LogP contribution in [0.2, 0.25) is 0 Å². The molecule has 0 aliphatic rings. The third-order valence-corrected chi connectivity index (χ3v) is 14.7. The number of unbranched alkanes of at least 4 members (excludes halogenated alkanes) is 31. The van der Waals surface area contributed by atoms with E-state index in [0.717, 1.165) is 122 Å². The van der Waals surface area contributed by atoms with Gasteiger partial charge in [-0.1, -0.05) is 290 Å². The normalized spacial score (nSPS) is 12.9. The zero-order valence-electron chi connectivity index (χ0n) is 53.7. The molecule has 0 fully saturated rings. The van der Waals surface area contributed by atoms with Crippen LogP contribution in [0.15, 0.2) is 122 Å². The van der Waals surface area contributed by atoms with E-state index in [0.29, 0.717) is 19.3 Å². The first kappa shape index (κ1) is 77.8. The maximum absolute atomic E-state index is 12.9. The fourth-order valence-corrected chi connectivity index (χ4v) is 9.51. The van der Waals surface area contributed by atoms with E-state index in [1.165, 1.54) is 161 Å². The Bertz CT molecular complexity index is 1690. The first-order valence-electron chi connectivity index (χ1n) is 34.5. The summed E-state index contributed by atoms with van der Waals surface area (Å²) in [5, 5.41) is 0. The number of esters is 3. The lowest BCUT2D eigenvalue weighted by atomic mass is 10.0. The molecule has 0 bridgehead atoms. The Labute approximate surface area is 507 Å². The Hall–Kier alpha value is -4.19. The molecule has 6 nitrogen and oxygen atoms in total. The lowest BCUT2D eigenvalue weighted by Gasteiger charge is -2.18. The quantitative estimate of drug-likeness (QED) is 0.0261. The van der Waals surface area contributed by atoms with Crippen molar-refractivity contribution in [1.29, 1.82) is 0 Å². The van der Waals surface area contributed by atoms with Crippen molar-refractivity contribution in [2.24, 2.45) is 0 Å². The number of ether oxygens (including phenoxy) is 3. The number of hydrogen-bond donors (Lipinski definition) is 0. The monoisotopic (exact) mass is 1140 g/mol. The molecule has 0 heterocycles. The number of carbonyl (C=O) groups excluding carboxylic acids is 3. The van der Waals surface area contributed by atoms with Crippen LogP contribution in [0.25, 0.3) is 0 Å². The van der Waals surface area contributed by atoms with Crippen molar-refractivity contribution in [1.82, 2.24) is 0 Å². The van der Waals surface area contributed by atoms with Gasteiger partial charge in [0.1, 0.15) is 13.2 Å². The molecule has 0 radical (unpaired) electrons. The van der Waals surface area contributed by atoms with Crippen LogP contribution in [0.5, 0.6) is 0 Å². The SMILES string of the molecule is CC/C=C\C/C=C\C/C=C\C/C=C\C/C=C\C/C=C\C/C=C\CCCCCCCCCC(=O)OCC(COC(=O)CCCCCCC/C=C\CCCCC)OC(=O)CCCCCCCCCCCCC/C=C\C/C=C\CCCCCCC. The molecule has 6 heteroatoms. The van der Waals surface area contributed by atoms with Crippen LogP contribution in [-0.2, 0) is 28.6 Å². The summed E-state index contributed by atoms with van der Waals surface area (Å²) in [7, 11) is 0. The van der Waals surface area contributed by atoms with Gasteiger partial charge in [0.15, 0.2) is 6.10 Å². The molecule has 0 aromatic rings. The summed E-state index contributed by atoms with van der Waals surface area (Å²) < 4.78 is 16.9. The Kier molecular flexibility index (Phi) is 65.8. The van der Waals surface area contributed by atoms with Crippen molar-refractivity contribution in [3.63, 3.8) is 0 Å². The smallest absolute Gasteiger partial charge is 0.306 e. The van der Waals surface area contributed by atoms with E-state index in [4.69, 9.17) is 14.2 Å². The summed E-state index contributed by atoms with van der Waals surface area (Å²) in [6.45, 7) is 6.50. The largest absolute Gasteiger partial charge is 0.462 e. The van der Waals surface area contributed by atoms with Crippen molar-refractivity contribution in [2.75, 3.05) is 13.2 Å². The Morgan fingerprint density at radius 1 is 0.256 bits per heavy atom. The third-order valence-electron chi connectivity index (χ3n) is 14.7. The van der Waals surface area contributed by atoms with Gasteiger partial charge in [0, 0.05) is 19.3 Å². The summed E-state index contributed by atoms with van der Waals surface area (Å²) in [5.41, 5.74) is 0. The van der Waals surface area contributed by atoms with E-state index in [-0.39, 0.29) is 31.1 Å². The van der Waals surface area contributed by atoms with Crippen LogP contribution in [0.3, 0.4) is 0 Å². The molecule has 0 aromatic heterocycles. The fraction of sp³-hybridized carbons (Fsp3) is 0.697. The first-order valence-corrected chi connectivity index (χ1v) is 34.5. The second kappa shape index (κ2) is 69.3. The highest BCUT2D eigenvalue weighted by Gasteiger charge is 2.19. The van der Waals surface area contributed by atoms with E-state index < -0.39 is 6.10 Å². The summed E-state index contributed by atoms with van der Waals surface area (Å²) in [6, 6.07) is 0. The van der Waals surface area contributed by atoms with Gasteiger partial charge in [-0.2, -0.15) is 0 Å². The third kappa shape index (κ3) is 66.6. The highest BCUT2D eigenvalue weighted by atomic mass is 16.6. The van der Waals surface area contributed by atoms with Crippen LogP contribution < -0.4 is 0 Å². The Balaban J connectivity index is 4.32. The minimum Gasteiger partial charge on any atom is -0.462 e. The van der Waals surface area contributed by atoms with Crippen LogP contribution in [-0.4, -0.2) is 37.2 Å². The molecule has 0 rings (SSSR count). The van der Waals surface area contributed by atoms with Gasteiger partial charge < -0.3 is 14.2 Å². The number of allylic oxidation sites excluding steroid dienone is 20. The lowest BCUT2D eigenvalue weighted by Crippen LogP contribution is -2.30. The molecule has 0 aliphatic heterocycles. The molecule has 0 amide bonds. The molecule has 1 unspecified atom stereocenters. The summed E-state index contributed by atoms with van der Waals surface area (Å²) >= 11 is 0. The van der Waals surface area contributed by atoms with E-state index >= 15 is 0 Å². The van der Waals surface area contributed by atoms with Gasteiger partial charge in [0.25, 0.3) is 0 Å². The van der Waals surface area contributed by atoms with Gasteiger partial charge in [0.05, 0.1) is 0 Å². The van der Waals surface area contributed by atoms with Crippen molar-refractivity contribution in [3.05, 3.63) is 122 Å². The second-order valence-electron chi connectivity index (χ2n) is 22.7. The average Bonchev–Trinajstić information content (AvgIpc) is 3.47. The van der Waals surface area contributed by atoms with Gasteiger partial charge in [-0.15, -0.1) is 0 Å². The molecular formula is C76H128O6. The van der Waals surface area contributed by atoms with Crippen molar-refractivity contribution >= 4 is 17.9 Å². The van der Waals surface area contributed by atoms with Gasteiger partial charge in [-0.05, 0) is 135 Å². The summed E-state index contributed by atoms with van der Waals surface area (Å²) in [6.07, 6.45) is 96.4. The molecule has 0 aliphatic carbocycles. The molecule has 0 aromatic carbocycles. The average molecular weight is 1140 g/mol. The summed E-state index contributed by atoms with van der Waals surface area (Å²) in [5.74, 6) is -0.901. The molecule has 0 N–H and O–H groups in total. The lowest BCUT2D eigenvalue weighted by molar-refractivity contribution is -0.167. The zero-order valence-corrected chi connectivity index (χ0v) is 53.7. The summed E-state index contributed by atoms with van der Waals surface area (Å²) in [4.78, 5) is 38.4. The molecule has 0 spiro atoms. The minimum absolute atomic E-state index is 0.0873. The molecule has 1 atom stereocenters. The van der Waals surface area contributed by atoms with Crippen LogP contribution in [0.1, 0.15) is 323 Å². The molecule has 82 heavy (non-hydrogen) atoms. The molecule has 468 valence electrons. The van der Waals surface area contributed by atoms with Crippen molar-refractivity contribution in [2.45, 2.75) is 329 Å². The van der Waals surface area contributed by atoms with Gasteiger partial charge in [-0.25, -0.2) is 0 Å². The molecule has 0 saturated carbocycles. The number of hydrogen-bond acceptors (Lipinski definition) is 6. The van der Waals surface area contributed by atoms with E-state index in [9.17, 15) is 14.4 Å². The Morgan fingerprint density at radius 2 is 0.476 bits per heavy atom. The van der Waals surface area contributed by atoms with Gasteiger partial charge in [0.2, 0.25) is 0 Å². The highest BCUT2D eigenvalue weighted by molar-refractivity contribution is 5.71. The van der Waals surface area contributed by atoms with Gasteiger partial charge >= 0.3 is 17.9 Å². The number of carbonyl (C=O) groups is 3. The predicted octanol–water partition coefficient (Wildman–Crippen LogP) is 23.9. The zero-order chi connectivity index (χ0) is 59.2. The molecular weight excluding hydrogens is 1010 g/mol. The topological polar surface area (TPSA) is 78.9 Å². The van der Waals surface area contributed by atoms with Crippen LogP contribution in [0, 0.1) is 0 Å². The Morgan fingerprint density at radius 3 is 0.780 bits per heavy atom.